The van der Waals surface area contributed by atoms with Crippen LogP contribution in [-0.4, -0.2) is 19.3 Å². The van der Waals surface area contributed by atoms with E-state index in [4.69, 9.17) is 0 Å². The zero-order chi connectivity index (χ0) is 22.2. The fraction of sp³-hybridized carbons (Fsp3) is 0.0909. The second kappa shape index (κ2) is 7.92. The quantitative estimate of drug-likeness (QED) is 0.617. The first-order valence-electron chi connectivity index (χ1n) is 9.25. The Hall–Kier alpha value is -3.59. The van der Waals surface area contributed by atoms with E-state index in [1.54, 1.807) is 12.1 Å². The van der Waals surface area contributed by atoms with E-state index >= 15 is 0 Å². The molecule has 0 radical (unpaired) electrons. The molecule has 1 aliphatic rings. The number of hydrogen-bond donors (Lipinski definition) is 1. The van der Waals surface area contributed by atoms with E-state index in [0.717, 1.165) is 28.8 Å². The average Bonchev–Trinajstić information content (AvgIpc) is 2.93. The lowest BCUT2D eigenvalue weighted by atomic mass is 10.2. The van der Waals surface area contributed by atoms with Crippen LogP contribution in [0.15, 0.2) is 78.1 Å². The summed E-state index contributed by atoms with van der Waals surface area (Å²) < 4.78 is 54.7. The molecule has 1 atom stereocenters. The summed E-state index contributed by atoms with van der Waals surface area (Å²) in [6, 6.07) is 12.7. The van der Waals surface area contributed by atoms with Crippen molar-refractivity contribution in [3.8, 4) is 0 Å². The SMILES string of the molecule is Cc1ccc(N/C=C2\C(=O)N(c3ccc(F)cc3F)C(c3cccnc3)S2(=O)=O)cc1. The summed E-state index contributed by atoms with van der Waals surface area (Å²) in [5.41, 5.74) is 1.42. The number of amides is 1. The monoisotopic (exact) mass is 441 g/mol. The molecule has 158 valence electrons. The maximum absolute atomic E-state index is 14.6. The van der Waals surface area contributed by atoms with Gasteiger partial charge in [0.2, 0.25) is 9.84 Å². The molecule has 6 nitrogen and oxygen atoms in total. The van der Waals surface area contributed by atoms with Crippen LogP contribution in [0.1, 0.15) is 16.5 Å². The van der Waals surface area contributed by atoms with Crippen LogP contribution in [0.4, 0.5) is 20.2 Å². The topological polar surface area (TPSA) is 79.4 Å². The number of nitrogens with one attached hydrogen (secondary N) is 1. The van der Waals surface area contributed by atoms with E-state index in [1.165, 1.54) is 24.5 Å². The second-order valence-electron chi connectivity index (χ2n) is 6.97. The molecule has 1 saturated heterocycles. The Bertz CT molecular complexity index is 1280. The number of aromatic nitrogens is 1. The largest absolute Gasteiger partial charge is 0.360 e. The lowest BCUT2D eigenvalue weighted by Gasteiger charge is -2.23. The number of anilines is 2. The molecule has 3 aromatic rings. The minimum absolute atomic E-state index is 0.179. The molecule has 1 aromatic heterocycles. The predicted molar refractivity (Wildman–Crippen MR) is 113 cm³/mol. The van der Waals surface area contributed by atoms with E-state index in [1.807, 2.05) is 19.1 Å². The van der Waals surface area contributed by atoms with E-state index in [2.05, 4.69) is 10.3 Å². The van der Waals surface area contributed by atoms with Gasteiger partial charge in [0.1, 0.15) is 11.6 Å². The minimum Gasteiger partial charge on any atom is -0.360 e. The van der Waals surface area contributed by atoms with E-state index in [-0.39, 0.29) is 11.3 Å². The molecule has 1 N–H and O–H groups in total. The van der Waals surface area contributed by atoms with Crippen molar-refractivity contribution < 1.29 is 22.0 Å². The van der Waals surface area contributed by atoms with Crippen molar-refractivity contribution in [1.82, 2.24) is 4.98 Å². The third-order valence-corrected chi connectivity index (χ3v) is 6.80. The van der Waals surface area contributed by atoms with Gasteiger partial charge in [-0.05, 0) is 37.3 Å². The lowest BCUT2D eigenvalue weighted by molar-refractivity contribution is -0.114. The fourth-order valence-electron chi connectivity index (χ4n) is 3.31. The highest BCUT2D eigenvalue weighted by atomic mass is 32.2. The summed E-state index contributed by atoms with van der Waals surface area (Å²) in [5, 5.41) is 1.27. The van der Waals surface area contributed by atoms with Crippen LogP contribution in [-0.2, 0) is 14.6 Å². The van der Waals surface area contributed by atoms with Gasteiger partial charge in [-0.1, -0.05) is 23.8 Å². The van der Waals surface area contributed by atoms with Gasteiger partial charge < -0.3 is 5.32 Å². The van der Waals surface area contributed by atoms with Gasteiger partial charge in [-0.25, -0.2) is 17.2 Å². The van der Waals surface area contributed by atoms with Crippen molar-refractivity contribution >= 4 is 27.1 Å². The van der Waals surface area contributed by atoms with Crippen molar-refractivity contribution in [2.75, 3.05) is 10.2 Å². The smallest absolute Gasteiger partial charge is 0.272 e. The average molecular weight is 441 g/mol. The highest BCUT2D eigenvalue weighted by Gasteiger charge is 2.51. The summed E-state index contributed by atoms with van der Waals surface area (Å²) in [5.74, 6) is -2.82. The summed E-state index contributed by atoms with van der Waals surface area (Å²) in [6.45, 7) is 1.90. The van der Waals surface area contributed by atoms with Gasteiger partial charge in [-0.2, -0.15) is 0 Å². The number of benzene rings is 2. The zero-order valence-corrected chi connectivity index (χ0v) is 17.1. The van der Waals surface area contributed by atoms with Crippen molar-refractivity contribution in [2.45, 2.75) is 12.3 Å². The van der Waals surface area contributed by atoms with Crippen LogP contribution in [0.5, 0.6) is 0 Å². The Morgan fingerprint density at radius 3 is 2.48 bits per heavy atom. The highest BCUT2D eigenvalue weighted by molar-refractivity contribution is 7.97. The van der Waals surface area contributed by atoms with Crippen LogP contribution in [0.3, 0.4) is 0 Å². The maximum atomic E-state index is 14.6. The molecule has 9 heteroatoms. The van der Waals surface area contributed by atoms with Crippen molar-refractivity contribution in [3.63, 3.8) is 0 Å². The van der Waals surface area contributed by atoms with Crippen molar-refractivity contribution in [2.24, 2.45) is 0 Å². The number of carbonyl (C=O) groups is 1. The summed E-state index contributed by atoms with van der Waals surface area (Å²) >= 11 is 0. The molecule has 4 rings (SSSR count). The van der Waals surface area contributed by atoms with Gasteiger partial charge >= 0.3 is 0 Å². The Kier molecular flexibility index (Phi) is 5.28. The number of nitrogens with zero attached hydrogens (tertiary/aromatic N) is 2. The van der Waals surface area contributed by atoms with Crippen molar-refractivity contribution in [1.29, 1.82) is 0 Å². The van der Waals surface area contributed by atoms with Crippen LogP contribution in [0, 0.1) is 18.6 Å². The number of halogens is 2. The molecule has 2 aromatic carbocycles. The molecule has 0 aliphatic carbocycles. The number of hydrogen-bond acceptors (Lipinski definition) is 5. The molecule has 1 fully saturated rings. The molecular weight excluding hydrogens is 424 g/mol. The molecule has 0 spiro atoms. The standard InChI is InChI=1S/C22H17F2N3O3S/c1-14-4-7-17(8-5-14)26-13-20-21(28)27(19-9-6-16(23)11-18(19)24)22(31(20,29)30)15-3-2-10-25-12-15/h2-13,22,26H,1H3/b20-13+. The molecule has 2 heterocycles. The molecule has 1 unspecified atom stereocenters. The van der Waals surface area contributed by atoms with Crippen LogP contribution in [0.2, 0.25) is 0 Å². The normalized spacial score (nSPS) is 19.1. The number of pyridine rings is 1. The number of aryl methyl sites for hydroxylation is 1. The zero-order valence-electron chi connectivity index (χ0n) is 16.3. The Balaban J connectivity index is 1.84. The Morgan fingerprint density at radius 1 is 1.10 bits per heavy atom. The summed E-state index contributed by atoms with van der Waals surface area (Å²) in [4.78, 5) is 17.4. The number of rotatable bonds is 4. The number of sulfone groups is 1. The van der Waals surface area contributed by atoms with Crippen molar-refractivity contribution in [3.05, 3.63) is 101 Å². The first kappa shape index (κ1) is 20.7. The summed E-state index contributed by atoms with van der Waals surface area (Å²) in [6.07, 6.45) is 3.83. The maximum Gasteiger partial charge on any atom is 0.272 e. The molecule has 1 aliphatic heterocycles. The van der Waals surface area contributed by atoms with Gasteiger partial charge in [0.25, 0.3) is 5.91 Å². The lowest BCUT2D eigenvalue weighted by Crippen LogP contribution is -2.30. The fourth-order valence-corrected chi connectivity index (χ4v) is 5.10. The molecule has 1 amide bonds. The third kappa shape index (κ3) is 3.79. The Morgan fingerprint density at radius 2 is 1.84 bits per heavy atom. The van der Waals surface area contributed by atoms with Crippen LogP contribution in [0.25, 0.3) is 0 Å². The van der Waals surface area contributed by atoms with Crippen LogP contribution < -0.4 is 10.2 Å². The van der Waals surface area contributed by atoms with E-state index in [0.29, 0.717) is 11.8 Å². The van der Waals surface area contributed by atoms with Gasteiger partial charge in [0.05, 0.1) is 5.69 Å². The Labute approximate surface area is 177 Å². The molecular formula is C22H17F2N3O3S. The second-order valence-corrected chi connectivity index (χ2v) is 8.95. The van der Waals surface area contributed by atoms with Crippen LogP contribution >= 0.6 is 0 Å². The first-order valence-corrected chi connectivity index (χ1v) is 10.8. The van der Waals surface area contributed by atoms with E-state index < -0.39 is 37.7 Å². The number of carbonyl (C=O) groups excluding carboxylic acids is 1. The van der Waals surface area contributed by atoms with Gasteiger partial charge in [-0.15, -0.1) is 0 Å². The first-order chi connectivity index (χ1) is 14.8. The van der Waals surface area contributed by atoms with Gasteiger partial charge in [-0.3, -0.25) is 14.7 Å². The highest BCUT2D eigenvalue weighted by Crippen LogP contribution is 2.43. The summed E-state index contributed by atoms with van der Waals surface area (Å²) in [7, 11) is -4.26. The van der Waals surface area contributed by atoms with Gasteiger partial charge in [0.15, 0.2) is 10.3 Å². The minimum atomic E-state index is -4.26. The predicted octanol–water partition coefficient (Wildman–Crippen LogP) is 4.08. The van der Waals surface area contributed by atoms with E-state index in [9.17, 15) is 22.0 Å². The molecule has 31 heavy (non-hydrogen) atoms. The third-order valence-electron chi connectivity index (χ3n) is 4.82. The van der Waals surface area contributed by atoms with Gasteiger partial charge in [0, 0.05) is 35.9 Å². The molecule has 0 saturated carbocycles. The molecule has 0 bridgehead atoms.